The Bertz CT molecular complexity index is 755. The van der Waals surface area contributed by atoms with Gasteiger partial charge in [-0.2, -0.15) is 11.8 Å². The zero-order valence-corrected chi connectivity index (χ0v) is 13.1. The lowest BCUT2D eigenvalue weighted by atomic mass is 10.1. The first-order chi connectivity index (χ1) is 9.93. The smallest absolute Gasteiger partial charge is 0.297 e. The van der Waals surface area contributed by atoms with Crippen LogP contribution in [0.5, 0.6) is 0 Å². The highest BCUT2D eigenvalue weighted by atomic mass is 35.5. The average molecular weight is 329 g/mol. The molecule has 0 aliphatic rings. The number of benzene rings is 1. The Labute approximate surface area is 130 Å². The fourth-order valence-electron chi connectivity index (χ4n) is 1.91. The zero-order chi connectivity index (χ0) is 15.6. The number of aromatic amines is 1. The number of aromatic nitrogens is 2. The molecular weight excluding hydrogens is 315 g/mol. The lowest BCUT2D eigenvalue weighted by Gasteiger charge is -2.12. The minimum Gasteiger partial charge on any atom is -0.297 e. The quantitative estimate of drug-likeness (QED) is 0.878. The Balaban J connectivity index is 2.62. The van der Waals surface area contributed by atoms with E-state index in [9.17, 15) is 14.0 Å². The maximum absolute atomic E-state index is 13.0. The first-order valence-corrected chi connectivity index (χ1v) is 7.92. The van der Waals surface area contributed by atoms with Crippen molar-refractivity contribution in [2.24, 2.45) is 0 Å². The van der Waals surface area contributed by atoms with Crippen LogP contribution < -0.4 is 11.2 Å². The molecule has 7 heteroatoms. The lowest BCUT2D eigenvalue weighted by molar-refractivity contribution is 0.625. The van der Waals surface area contributed by atoms with Crippen molar-refractivity contribution in [3.63, 3.8) is 0 Å². The Kier molecular flexibility index (Phi) is 4.90. The Morgan fingerprint density at radius 1 is 1.33 bits per heavy atom. The van der Waals surface area contributed by atoms with E-state index >= 15 is 0 Å². The molecule has 0 amide bonds. The van der Waals surface area contributed by atoms with E-state index in [2.05, 4.69) is 4.98 Å². The number of rotatable bonds is 4. The second-order valence-electron chi connectivity index (χ2n) is 4.59. The molecule has 4 nitrogen and oxygen atoms in total. The molecular formula is C14H14ClFN2O2S. The number of hydrogen-bond donors (Lipinski definition) is 1. The molecule has 0 radical (unpaired) electrons. The Morgan fingerprint density at radius 3 is 2.52 bits per heavy atom. The monoisotopic (exact) mass is 328 g/mol. The lowest BCUT2D eigenvalue weighted by Crippen LogP contribution is -2.38. The molecule has 0 aliphatic heterocycles. The van der Waals surface area contributed by atoms with E-state index < -0.39 is 17.1 Å². The highest BCUT2D eigenvalue weighted by Crippen LogP contribution is 2.21. The van der Waals surface area contributed by atoms with Gasteiger partial charge in [-0.05, 0) is 24.0 Å². The van der Waals surface area contributed by atoms with Crippen LogP contribution in [0.3, 0.4) is 0 Å². The molecule has 1 unspecified atom stereocenters. The van der Waals surface area contributed by atoms with Crippen molar-refractivity contribution in [3.8, 4) is 11.1 Å². The molecule has 1 heterocycles. The van der Waals surface area contributed by atoms with Crippen molar-refractivity contribution in [1.82, 2.24) is 9.55 Å². The maximum atomic E-state index is 13.0. The number of nitrogens with one attached hydrogen (secondary N) is 1. The summed E-state index contributed by atoms with van der Waals surface area (Å²) in [6, 6.07) is 5.40. The molecule has 0 fully saturated rings. The van der Waals surface area contributed by atoms with Crippen LogP contribution in [0.2, 0.25) is 5.15 Å². The van der Waals surface area contributed by atoms with E-state index in [0.29, 0.717) is 5.56 Å². The predicted octanol–water partition coefficient (Wildman–Crippen LogP) is 2.75. The summed E-state index contributed by atoms with van der Waals surface area (Å²) in [6.07, 6.45) is 1.90. The van der Waals surface area contributed by atoms with Crippen molar-refractivity contribution >= 4 is 23.4 Å². The molecule has 21 heavy (non-hydrogen) atoms. The number of thioether (sulfide) groups is 1. The number of halogens is 2. The van der Waals surface area contributed by atoms with E-state index in [0.717, 1.165) is 4.57 Å². The van der Waals surface area contributed by atoms with E-state index in [1.165, 1.54) is 24.3 Å². The van der Waals surface area contributed by atoms with Crippen LogP contribution in [0, 0.1) is 5.82 Å². The molecule has 2 rings (SSSR count). The molecule has 1 aromatic heterocycles. The third-order valence-corrected chi connectivity index (χ3v) is 4.35. The van der Waals surface area contributed by atoms with Gasteiger partial charge in [0.1, 0.15) is 11.0 Å². The van der Waals surface area contributed by atoms with Gasteiger partial charge in [-0.3, -0.25) is 14.3 Å². The van der Waals surface area contributed by atoms with Crippen LogP contribution >= 0.6 is 23.4 Å². The second-order valence-corrected chi connectivity index (χ2v) is 6.24. The number of nitrogens with zero attached hydrogens (tertiary/aromatic N) is 1. The maximum Gasteiger partial charge on any atom is 0.329 e. The van der Waals surface area contributed by atoms with E-state index in [1.54, 1.807) is 11.8 Å². The van der Waals surface area contributed by atoms with E-state index in [1.807, 2.05) is 13.2 Å². The van der Waals surface area contributed by atoms with Gasteiger partial charge in [0.05, 0.1) is 5.56 Å². The van der Waals surface area contributed by atoms with Crippen LogP contribution in [0.1, 0.15) is 6.92 Å². The Hall–Kier alpha value is -1.53. The summed E-state index contributed by atoms with van der Waals surface area (Å²) in [5.41, 5.74) is -0.384. The van der Waals surface area contributed by atoms with Gasteiger partial charge >= 0.3 is 5.69 Å². The molecule has 0 aliphatic carbocycles. The highest BCUT2D eigenvalue weighted by molar-refractivity contribution is 7.99. The molecule has 0 spiro atoms. The summed E-state index contributed by atoms with van der Waals surface area (Å²) in [5.74, 6) is -0.407. The Morgan fingerprint density at radius 2 is 1.95 bits per heavy atom. The fourth-order valence-corrected chi connectivity index (χ4v) is 2.48. The molecule has 2 aromatic rings. The minimum absolute atomic E-state index is 0.0373. The van der Waals surface area contributed by atoms with Gasteiger partial charge in [-0.1, -0.05) is 30.7 Å². The summed E-state index contributed by atoms with van der Waals surface area (Å²) in [6.45, 7) is 2.20. The molecule has 0 saturated heterocycles. The normalized spacial score (nSPS) is 12.4. The van der Waals surface area contributed by atoms with E-state index in [4.69, 9.17) is 11.6 Å². The minimum atomic E-state index is -0.545. The first-order valence-electron chi connectivity index (χ1n) is 6.25. The van der Waals surface area contributed by atoms with Crippen molar-refractivity contribution in [2.75, 3.05) is 6.26 Å². The van der Waals surface area contributed by atoms with Crippen molar-refractivity contribution in [2.45, 2.75) is 18.7 Å². The first kappa shape index (κ1) is 15.9. The van der Waals surface area contributed by atoms with Gasteiger partial charge in [-0.25, -0.2) is 9.18 Å². The second kappa shape index (κ2) is 6.49. The highest BCUT2D eigenvalue weighted by Gasteiger charge is 2.16. The van der Waals surface area contributed by atoms with Crippen LogP contribution in [0.4, 0.5) is 4.39 Å². The topological polar surface area (TPSA) is 54.9 Å². The van der Waals surface area contributed by atoms with Crippen LogP contribution in [-0.4, -0.2) is 21.1 Å². The number of hydrogen-bond acceptors (Lipinski definition) is 3. The van der Waals surface area contributed by atoms with Crippen LogP contribution in [-0.2, 0) is 6.54 Å². The van der Waals surface area contributed by atoms with Gasteiger partial charge < -0.3 is 0 Å². The third kappa shape index (κ3) is 3.39. The van der Waals surface area contributed by atoms with Gasteiger partial charge in [0.2, 0.25) is 0 Å². The summed E-state index contributed by atoms with van der Waals surface area (Å²) in [4.78, 5) is 26.9. The fraction of sp³-hybridized carbons (Fsp3) is 0.286. The van der Waals surface area contributed by atoms with Crippen molar-refractivity contribution in [1.29, 1.82) is 0 Å². The van der Waals surface area contributed by atoms with Crippen LogP contribution in [0.15, 0.2) is 33.9 Å². The third-order valence-electron chi connectivity index (χ3n) is 3.12. The molecule has 1 aromatic carbocycles. The SMILES string of the molecule is CSC(C)Cn1c(=O)[nH]c(Cl)c(-c2ccc(F)cc2)c1=O. The molecule has 1 N–H and O–H groups in total. The molecule has 0 saturated carbocycles. The van der Waals surface area contributed by atoms with Gasteiger partial charge in [-0.15, -0.1) is 0 Å². The summed E-state index contributed by atoms with van der Waals surface area (Å²) >= 11 is 7.53. The average Bonchev–Trinajstić information content (AvgIpc) is 2.45. The molecule has 0 bridgehead atoms. The molecule has 112 valence electrons. The summed E-state index contributed by atoms with van der Waals surface area (Å²) < 4.78 is 14.1. The van der Waals surface area contributed by atoms with Crippen molar-refractivity contribution in [3.05, 3.63) is 56.1 Å². The summed E-state index contributed by atoms with van der Waals surface area (Å²) in [5, 5.41) is 0.0655. The van der Waals surface area contributed by atoms with Gasteiger partial charge in [0.25, 0.3) is 5.56 Å². The van der Waals surface area contributed by atoms with Gasteiger partial charge in [0, 0.05) is 11.8 Å². The zero-order valence-electron chi connectivity index (χ0n) is 11.5. The molecule has 1 atom stereocenters. The van der Waals surface area contributed by atoms with Crippen molar-refractivity contribution < 1.29 is 4.39 Å². The summed E-state index contributed by atoms with van der Waals surface area (Å²) in [7, 11) is 0. The number of H-pyrrole nitrogens is 1. The standard InChI is InChI=1S/C14H14ClFN2O2S/c1-8(21-2)7-18-13(19)11(12(15)17-14(18)20)9-3-5-10(16)6-4-9/h3-6,8H,7H2,1-2H3,(H,17,20). The van der Waals surface area contributed by atoms with E-state index in [-0.39, 0.29) is 22.5 Å². The predicted molar refractivity (Wildman–Crippen MR) is 84.7 cm³/mol. The van der Waals surface area contributed by atoms with Gasteiger partial charge in [0.15, 0.2) is 0 Å². The van der Waals surface area contributed by atoms with Crippen LogP contribution in [0.25, 0.3) is 11.1 Å². The largest absolute Gasteiger partial charge is 0.329 e.